The number of hydrogen-bond acceptors (Lipinski definition) is 6. The summed E-state index contributed by atoms with van der Waals surface area (Å²) in [6, 6.07) is 4.98. The first-order valence-corrected chi connectivity index (χ1v) is 9.78. The smallest absolute Gasteiger partial charge is 0.298 e. The first-order valence-electron chi connectivity index (χ1n) is 8.96. The molecule has 152 valence electrons. The monoisotopic (exact) mass is 422 g/mol. The molecule has 0 radical (unpaired) electrons. The van der Waals surface area contributed by atoms with E-state index >= 15 is 0 Å². The number of thiazole rings is 1. The number of carbonyl (C=O) groups is 1. The van der Waals surface area contributed by atoms with E-state index in [0.717, 1.165) is 47.4 Å². The molecule has 1 aliphatic rings. The van der Waals surface area contributed by atoms with Gasteiger partial charge in [-0.1, -0.05) is 24.3 Å². The van der Waals surface area contributed by atoms with Gasteiger partial charge in [0.2, 0.25) is 0 Å². The molecule has 0 unspecified atom stereocenters. The maximum absolute atomic E-state index is 13.2. The second-order valence-electron chi connectivity index (χ2n) is 6.53. The van der Waals surface area contributed by atoms with Gasteiger partial charge in [0.05, 0.1) is 23.1 Å². The molecule has 29 heavy (non-hydrogen) atoms. The Morgan fingerprint density at radius 3 is 2.86 bits per heavy atom. The summed E-state index contributed by atoms with van der Waals surface area (Å²) in [5.41, 5.74) is -0.177. The van der Waals surface area contributed by atoms with Crippen molar-refractivity contribution in [3.8, 4) is 5.69 Å². The van der Waals surface area contributed by atoms with Gasteiger partial charge in [-0.05, 0) is 18.7 Å². The number of likely N-dealkylation sites (N-methyl/N-ethyl adjacent to an activating group) is 1. The lowest BCUT2D eigenvalue weighted by Gasteiger charge is -2.23. The van der Waals surface area contributed by atoms with Crippen LogP contribution in [0.25, 0.3) is 5.69 Å². The lowest BCUT2D eigenvalue weighted by molar-refractivity contribution is -0.137. The predicted octanol–water partition coefficient (Wildman–Crippen LogP) is 3.37. The van der Waals surface area contributed by atoms with E-state index in [1.807, 2.05) is 0 Å². The quantitative estimate of drug-likeness (QED) is 0.698. The highest BCUT2D eigenvalue weighted by Crippen LogP contribution is 2.33. The Balaban J connectivity index is 1.53. The minimum absolute atomic E-state index is 0.0923. The third-order valence-corrected chi connectivity index (χ3v) is 5.66. The van der Waals surface area contributed by atoms with Crippen LogP contribution in [0.1, 0.15) is 33.5 Å². The summed E-state index contributed by atoms with van der Waals surface area (Å²) in [4.78, 5) is 20.3. The summed E-state index contributed by atoms with van der Waals surface area (Å²) in [6.07, 6.45) is -2.55. The predicted molar refractivity (Wildman–Crippen MR) is 101 cm³/mol. The first-order chi connectivity index (χ1) is 13.8. The van der Waals surface area contributed by atoms with Crippen molar-refractivity contribution in [2.75, 3.05) is 18.4 Å². The minimum atomic E-state index is -4.54. The second-order valence-corrected chi connectivity index (χ2v) is 7.61. The van der Waals surface area contributed by atoms with E-state index in [9.17, 15) is 18.0 Å². The zero-order valence-corrected chi connectivity index (χ0v) is 16.2. The Hall–Kier alpha value is -2.79. The third kappa shape index (κ3) is 4.01. The number of carbonyl (C=O) groups excluding carboxylic acids is 1. The molecule has 0 fully saturated rings. The number of para-hydroxylation sites is 1. The molecule has 1 amide bonds. The van der Waals surface area contributed by atoms with E-state index in [4.69, 9.17) is 0 Å². The number of hydrogen-bond donors (Lipinski definition) is 1. The average Bonchev–Trinajstić information content (AvgIpc) is 3.33. The largest absolute Gasteiger partial charge is 0.418 e. The molecule has 0 saturated carbocycles. The lowest BCUT2D eigenvalue weighted by atomic mass is 10.1. The summed E-state index contributed by atoms with van der Waals surface area (Å²) >= 11 is 1.40. The van der Waals surface area contributed by atoms with E-state index in [1.54, 1.807) is 0 Å². The summed E-state index contributed by atoms with van der Waals surface area (Å²) in [7, 11) is 0. The van der Waals surface area contributed by atoms with E-state index in [0.29, 0.717) is 5.13 Å². The zero-order chi connectivity index (χ0) is 20.6. The van der Waals surface area contributed by atoms with Crippen LogP contribution in [0.2, 0.25) is 0 Å². The normalized spacial score (nSPS) is 14.6. The molecule has 1 aliphatic heterocycles. The van der Waals surface area contributed by atoms with E-state index in [-0.39, 0.29) is 11.4 Å². The van der Waals surface area contributed by atoms with Crippen LogP contribution in [0.3, 0.4) is 0 Å². The number of benzene rings is 1. The van der Waals surface area contributed by atoms with Crippen molar-refractivity contribution < 1.29 is 18.0 Å². The van der Waals surface area contributed by atoms with Crippen molar-refractivity contribution in [1.82, 2.24) is 24.9 Å². The second kappa shape index (κ2) is 7.56. The first kappa shape index (κ1) is 19.5. The van der Waals surface area contributed by atoms with Crippen molar-refractivity contribution in [2.45, 2.75) is 26.1 Å². The minimum Gasteiger partial charge on any atom is -0.298 e. The summed E-state index contributed by atoms with van der Waals surface area (Å²) in [5.74, 6) is -0.570. The summed E-state index contributed by atoms with van der Waals surface area (Å²) in [5, 5.41) is 10.5. The molecule has 0 bridgehead atoms. The SMILES string of the molecule is CCN1CCc2nc(NC(=O)c3cn(-c4ccccc4C(F)(F)F)nn3)sc2C1. The number of fused-ring (bicyclic) bond motifs is 1. The molecule has 0 aliphatic carbocycles. The lowest BCUT2D eigenvalue weighted by Crippen LogP contribution is -2.29. The van der Waals surface area contributed by atoms with Gasteiger partial charge in [0, 0.05) is 24.4 Å². The van der Waals surface area contributed by atoms with Gasteiger partial charge in [-0.25, -0.2) is 9.67 Å². The number of rotatable bonds is 4. The van der Waals surface area contributed by atoms with Crippen molar-refractivity contribution >= 4 is 22.4 Å². The molecule has 0 spiro atoms. The van der Waals surface area contributed by atoms with Gasteiger partial charge >= 0.3 is 6.18 Å². The Morgan fingerprint density at radius 1 is 1.31 bits per heavy atom. The van der Waals surface area contributed by atoms with Gasteiger partial charge in [0.15, 0.2) is 10.8 Å². The number of alkyl halides is 3. The van der Waals surface area contributed by atoms with Gasteiger partial charge in [0.25, 0.3) is 5.91 Å². The highest BCUT2D eigenvalue weighted by Gasteiger charge is 2.34. The van der Waals surface area contributed by atoms with E-state index in [1.165, 1.54) is 35.7 Å². The fourth-order valence-corrected chi connectivity index (χ4v) is 4.18. The van der Waals surface area contributed by atoms with Gasteiger partial charge in [-0.15, -0.1) is 16.4 Å². The van der Waals surface area contributed by atoms with Crippen LogP contribution in [0, 0.1) is 0 Å². The molecule has 4 rings (SSSR count). The average molecular weight is 422 g/mol. The van der Waals surface area contributed by atoms with Crippen LogP contribution in [0.5, 0.6) is 0 Å². The molecular weight excluding hydrogens is 405 g/mol. The van der Waals surface area contributed by atoms with Crippen molar-refractivity contribution in [2.24, 2.45) is 0 Å². The molecule has 3 heterocycles. The number of nitrogens with zero attached hydrogens (tertiary/aromatic N) is 5. The Labute approximate surface area is 168 Å². The highest BCUT2D eigenvalue weighted by molar-refractivity contribution is 7.15. The third-order valence-electron chi connectivity index (χ3n) is 4.66. The molecule has 0 atom stereocenters. The van der Waals surface area contributed by atoms with Crippen LogP contribution >= 0.6 is 11.3 Å². The Morgan fingerprint density at radius 2 is 2.10 bits per heavy atom. The summed E-state index contributed by atoms with van der Waals surface area (Å²) in [6.45, 7) is 4.76. The number of halogens is 3. The van der Waals surface area contributed by atoms with Gasteiger partial charge < -0.3 is 0 Å². The zero-order valence-electron chi connectivity index (χ0n) is 15.4. The number of anilines is 1. The molecule has 2 aromatic heterocycles. The van der Waals surface area contributed by atoms with Crippen LogP contribution in [-0.2, 0) is 19.1 Å². The number of amides is 1. The molecule has 1 aromatic carbocycles. The van der Waals surface area contributed by atoms with Gasteiger partial charge in [-0.2, -0.15) is 13.2 Å². The summed E-state index contributed by atoms with van der Waals surface area (Å²) < 4.78 is 40.6. The molecule has 3 aromatic rings. The topological polar surface area (TPSA) is 75.9 Å². The van der Waals surface area contributed by atoms with Crippen molar-refractivity contribution in [3.05, 3.63) is 52.3 Å². The van der Waals surface area contributed by atoms with Crippen LogP contribution in [0.15, 0.2) is 30.5 Å². The molecular formula is C18H17F3N6OS. The molecule has 0 saturated heterocycles. The van der Waals surface area contributed by atoms with E-state index < -0.39 is 17.6 Å². The maximum Gasteiger partial charge on any atom is 0.418 e. The molecule has 7 nitrogen and oxygen atoms in total. The Kier molecular flexibility index (Phi) is 5.09. The molecule has 11 heteroatoms. The van der Waals surface area contributed by atoms with Crippen LogP contribution in [0.4, 0.5) is 18.3 Å². The fourth-order valence-electron chi connectivity index (χ4n) is 3.13. The number of nitrogens with one attached hydrogen (secondary N) is 1. The van der Waals surface area contributed by atoms with Gasteiger partial charge in [0.1, 0.15) is 0 Å². The number of aromatic nitrogens is 4. The van der Waals surface area contributed by atoms with E-state index in [2.05, 4.69) is 32.4 Å². The standard InChI is InChI=1S/C18H17F3N6OS/c1-2-26-8-7-12-15(10-26)29-17(22-12)23-16(28)13-9-27(25-24-13)14-6-4-3-5-11(14)18(19,20)21/h3-6,9H,2,7-8,10H2,1H3,(H,22,23,28). The highest BCUT2D eigenvalue weighted by atomic mass is 32.1. The maximum atomic E-state index is 13.2. The Bertz CT molecular complexity index is 1040. The van der Waals surface area contributed by atoms with Gasteiger partial charge in [-0.3, -0.25) is 15.0 Å². The molecule has 1 N–H and O–H groups in total. The van der Waals surface area contributed by atoms with Crippen LogP contribution < -0.4 is 5.32 Å². The van der Waals surface area contributed by atoms with Crippen LogP contribution in [-0.4, -0.2) is 43.9 Å². The van der Waals surface area contributed by atoms with Crippen molar-refractivity contribution in [1.29, 1.82) is 0 Å². The fraction of sp³-hybridized carbons (Fsp3) is 0.333. The van der Waals surface area contributed by atoms with Crippen molar-refractivity contribution in [3.63, 3.8) is 0 Å².